The van der Waals surface area contributed by atoms with Crippen molar-refractivity contribution >= 4 is 17.7 Å². The number of hydrogen-bond acceptors (Lipinski definition) is 4. The molecular weight excluding hydrogens is 258 g/mol. The molecule has 2 rings (SSSR count). The van der Waals surface area contributed by atoms with Crippen LogP contribution in [0.4, 0.5) is 0 Å². The molecule has 0 bridgehead atoms. The third-order valence-corrected chi connectivity index (χ3v) is 3.19. The minimum atomic E-state index is -0.649. The smallest absolute Gasteiger partial charge is 0.251 e. The van der Waals surface area contributed by atoms with Crippen molar-refractivity contribution in [1.29, 1.82) is 0 Å². The van der Waals surface area contributed by atoms with Crippen molar-refractivity contribution < 1.29 is 14.4 Å². The van der Waals surface area contributed by atoms with Crippen LogP contribution < -0.4 is 16.4 Å². The van der Waals surface area contributed by atoms with E-state index >= 15 is 0 Å². The first-order valence-electron chi connectivity index (χ1n) is 6.53. The Kier molecular flexibility index (Phi) is 4.47. The monoisotopic (exact) mass is 275 g/mol. The lowest BCUT2D eigenvalue weighted by Crippen LogP contribution is -2.52. The third-order valence-electron chi connectivity index (χ3n) is 3.19. The Balaban J connectivity index is 1.97. The van der Waals surface area contributed by atoms with Gasteiger partial charge < -0.3 is 11.1 Å². The molecule has 20 heavy (non-hydrogen) atoms. The molecule has 0 spiro atoms. The molecule has 0 radical (unpaired) electrons. The Morgan fingerprint density at radius 3 is 2.60 bits per heavy atom. The van der Waals surface area contributed by atoms with Crippen LogP contribution in [-0.4, -0.2) is 30.3 Å². The van der Waals surface area contributed by atoms with E-state index in [9.17, 15) is 14.4 Å². The molecule has 106 valence electrons. The molecular formula is C14H17N3O3. The van der Waals surface area contributed by atoms with Crippen LogP contribution >= 0.6 is 0 Å². The zero-order valence-corrected chi connectivity index (χ0v) is 11.0. The van der Waals surface area contributed by atoms with Crippen molar-refractivity contribution in [3.8, 4) is 0 Å². The maximum absolute atomic E-state index is 12.0. The van der Waals surface area contributed by atoms with Gasteiger partial charge in [-0.3, -0.25) is 19.7 Å². The molecule has 1 aromatic carbocycles. The van der Waals surface area contributed by atoms with E-state index < -0.39 is 11.9 Å². The minimum Gasteiger partial charge on any atom is -0.340 e. The van der Waals surface area contributed by atoms with Gasteiger partial charge in [-0.15, -0.1) is 0 Å². The number of piperidine rings is 1. The molecule has 1 fully saturated rings. The second-order valence-electron chi connectivity index (χ2n) is 4.71. The van der Waals surface area contributed by atoms with E-state index in [0.29, 0.717) is 18.5 Å². The lowest BCUT2D eigenvalue weighted by atomic mass is 10.0. The van der Waals surface area contributed by atoms with Crippen molar-refractivity contribution in [3.63, 3.8) is 0 Å². The highest BCUT2D eigenvalue weighted by molar-refractivity contribution is 6.03. The molecule has 1 atom stereocenters. The van der Waals surface area contributed by atoms with Gasteiger partial charge in [-0.05, 0) is 37.1 Å². The summed E-state index contributed by atoms with van der Waals surface area (Å²) < 4.78 is 0. The minimum absolute atomic E-state index is 0.242. The Morgan fingerprint density at radius 2 is 2.00 bits per heavy atom. The molecule has 1 saturated heterocycles. The molecule has 1 heterocycles. The van der Waals surface area contributed by atoms with Gasteiger partial charge in [0.05, 0.1) is 0 Å². The number of carbonyl (C=O) groups excluding carboxylic acids is 3. The van der Waals surface area contributed by atoms with Crippen LogP contribution in [0.5, 0.6) is 0 Å². The van der Waals surface area contributed by atoms with Crippen molar-refractivity contribution in [2.45, 2.75) is 25.3 Å². The molecule has 4 N–H and O–H groups in total. The van der Waals surface area contributed by atoms with Gasteiger partial charge in [-0.25, -0.2) is 0 Å². The summed E-state index contributed by atoms with van der Waals surface area (Å²) in [6.07, 6.45) is 1.34. The quantitative estimate of drug-likeness (QED) is 0.658. The molecule has 1 aliphatic rings. The SMILES string of the molecule is NCCc1ccc(C(=O)NC2CCC(=O)NC2=O)cc1. The summed E-state index contributed by atoms with van der Waals surface area (Å²) in [4.78, 5) is 34.6. The Morgan fingerprint density at radius 1 is 1.30 bits per heavy atom. The van der Waals surface area contributed by atoms with Gasteiger partial charge in [0.2, 0.25) is 11.8 Å². The van der Waals surface area contributed by atoms with Gasteiger partial charge in [0, 0.05) is 12.0 Å². The van der Waals surface area contributed by atoms with Gasteiger partial charge in [-0.1, -0.05) is 12.1 Å². The predicted molar refractivity (Wildman–Crippen MR) is 72.8 cm³/mol. The molecule has 0 saturated carbocycles. The van der Waals surface area contributed by atoms with E-state index in [4.69, 9.17) is 5.73 Å². The molecule has 1 aliphatic heterocycles. The van der Waals surface area contributed by atoms with Crippen LogP contribution in [0.25, 0.3) is 0 Å². The summed E-state index contributed by atoms with van der Waals surface area (Å²) in [5.74, 6) is -1.07. The number of carbonyl (C=O) groups is 3. The molecule has 0 aliphatic carbocycles. The number of hydrogen-bond donors (Lipinski definition) is 3. The van der Waals surface area contributed by atoms with Crippen molar-refractivity contribution in [2.24, 2.45) is 5.73 Å². The van der Waals surface area contributed by atoms with Crippen LogP contribution in [0, 0.1) is 0 Å². The highest BCUT2D eigenvalue weighted by Gasteiger charge is 2.27. The Bertz CT molecular complexity index is 525. The standard InChI is InChI=1S/C14H17N3O3/c15-8-7-9-1-3-10(4-2-9)13(19)16-11-5-6-12(18)17-14(11)20/h1-4,11H,5-8,15H2,(H,16,19)(H,17,18,20). The normalized spacial score (nSPS) is 18.6. The molecule has 6 heteroatoms. The molecule has 1 aromatic rings. The van der Waals surface area contributed by atoms with Crippen molar-refractivity contribution in [1.82, 2.24) is 10.6 Å². The number of nitrogens with two attached hydrogens (primary N) is 1. The van der Waals surface area contributed by atoms with E-state index in [-0.39, 0.29) is 18.2 Å². The average Bonchev–Trinajstić information content (AvgIpc) is 2.43. The second kappa shape index (κ2) is 6.29. The van der Waals surface area contributed by atoms with Crippen LogP contribution in [0.15, 0.2) is 24.3 Å². The second-order valence-corrected chi connectivity index (χ2v) is 4.71. The summed E-state index contributed by atoms with van der Waals surface area (Å²) in [6, 6.07) is 6.43. The number of rotatable bonds is 4. The first kappa shape index (κ1) is 14.2. The fraction of sp³-hybridized carbons (Fsp3) is 0.357. The Hall–Kier alpha value is -2.21. The molecule has 3 amide bonds. The first-order valence-corrected chi connectivity index (χ1v) is 6.53. The number of amides is 3. The van der Waals surface area contributed by atoms with E-state index in [0.717, 1.165) is 12.0 Å². The highest BCUT2D eigenvalue weighted by Crippen LogP contribution is 2.08. The van der Waals surface area contributed by atoms with Crippen LogP contribution in [0.1, 0.15) is 28.8 Å². The van der Waals surface area contributed by atoms with Crippen LogP contribution in [0.3, 0.4) is 0 Å². The highest BCUT2D eigenvalue weighted by atomic mass is 16.2. The van der Waals surface area contributed by atoms with Crippen LogP contribution in [-0.2, 0) is 16.0 Å². The fourth-order valence-electron chi connectivity index (χ4n) is 2.06. The lowest BCUT2D eigenvalue weighted by molar-refractivity contribution is -0.134. The van der Waals surface area contributed by atoms with Gasteiger partial charge in [0.1, 0.15) is 6.04 Å². The third kappa shape index (κ3) is 3.42. The maximum atomic E-state index is 12.0. The summed E-state index contributed by atoms with van der Waals surface area (Å²) in [5.41, 5.74) is 7.00. The van der Waals surface area contributed by atoms with Gasteiger partial charge in [-0.2, -0.15) is 0 Å². The lowest BCUT2D eigenvalue weighted by Gasteiger charge is -2.21. The topological polar surface area (TPSA) is 101 Å². The van der Waals surface area contributed by atoms with Gasteiger partial charge in [0.25, 0.3) is 5.91 Å². The van der Waals surface area contributed by atoms with Gasteiger partial charge in [0.15, 0.2) is 0 Å². The van der Waals surface area contributed by atoms with E-state index in [1.165, 1.54) is 0 Å². The zero-order valence-electron chi connectivity index (χ0n) is 11.0. The van der Waals surface area contributed by atoms with Gasteiger partial charge >= 0.3 is 0 Å². The summed E-state index contributed by atoms with van der Waals surface area (Å²) in [7, 11) is 0. The largest absolute Gasteiger partial charge is 0.340 e. The summed E-state index contributed by atoms with van der Waals surface area (Å²) in [5, 5.41) is 4.83. The van der Waals surface area contributed by atoms with E-state index in [2.05, 4.69) is 10.6 Å². The predicted octanol–water partition coefficient (Wildman–Crippen LogP) is -0.277. The maximum Gasteiger partial charge on any atom is 0.251 e. The molecule has 6 nitrogen and oxygen atoms in total. The van der Waals surface area contributed by atoms with E-state index in [1.54, 1.807) is 12.1 Å². The Labute approximate surface area is 116 Å². The first-order chi connectivity index (χ1) is 9.60. The molecule has 1 unspecified atom stereocenters. The number of benzene rings is 1. The fourth-order valence-corrected chi connectivity index (χ4v) is 2.06. The number of nitrogens with one attached hydrogen (secondary N) is 2. The summed E-state index contributed by atoms with van der Waals surface area (Å²) in [6.45, 7) is 0.557. The number of imide groups is 1. The molecule has 0 aromatic heterocycles. The average molecular weight is 275 g/mol. The van der Waals surface area contributed by atoms with Crippen molar-refractivity contribution in [2.75, 3.05) is 6.54 Å². The zero-order chi connectivity index (χ0) is 14.5. The van der Waals surface area contributed by atoms with Crippen molar-refractivity contribution in [3.05, 3.63) is 35.4 Å². The van der Waals surface area contributed by atoms with E-state index in [1.807, 2.05) is 12.1 Å². The van der Waals surface area contributed by atoms with Crippen LogP contribution in [0.2, 0.25) is 0 Å². The summed E-state index contributed by atoms with van der Waals surface area (Å²) >= 11 is 0.